The van der Waals surface area contributed by atoms with Crippen molar-refractivity contribution >= 4 is 22.6 Å². The molecule has 4 heterocycles. The minimum Gasteiger partial charge on any atom is -0.360 e. The lowest BCUT2D eigenvalue weighted by Gasteiger charge is -2.15. The van der Waals surface area contributed by atoms with Crippen LogP contribution in [0.2, 0.25) is 0 Å². The van der Waals surface area contributed by atoms with E-state index >= 15 is 0 Å². The van der Waals surface area contributed by atoms with Gasteiger partial charge in [-0.2, -0.15) is 0 Å². The van der Waals surface area contributed by atoms with Crippen molar-refractivity contribution in [1.82, 2.24) is 29.3 Å². The van der Waals surface area contributed by atoms with Crippen molar-refractivity contribution < 1.29 is 4.39 Å². The number of aromatic amines is 1. The van der Waals surface area contributed by atoms with E-state index in [0.717, 1.165) is 28.2 Å². The van der Waals surface area contributed by atoms with Crippen LogP contribution in [-0.4, -0.2) is 29.3 Å². The Balaban J connectivity index is 1.67. The number of H-pyrrole nitrogens is 1. The van der Waals surface area contributed by atoms with E-state index in [2.05, 4.69) is 25.3 Å². The Morgan fingerprint density at radius 1 is 1.14 bits per heavy atom. The molecular formula is C21H18FN7. The number of nitrogens with one attached hydrogen (secondary N) is 2. The number of anilines is 1. The van der Waals surface area contributed by atoms with Crippen molar-refractivity contribution in [2.24, 2.45) is 0 Å². The van der Waals surface area contributed by atoms with Gasteiger partial charge in [0.25, 0.3) is 0 Å². The molecule has 0 saturated carbocycles. The van der Waals surface area contributed by atoms with Crippen LogP contribution in [0.3, 0.4) is 0 Å². The maximum Gasteiger partial charge on any atom is 0.162 e. The summed E-state index contributed by atoms with van der Waals surface area (Å²) in [5.41, 5.74) is 5.60. The fourth-order valence-corrected chi connectivity index (χ4v) is 3.59. The molecule has 4 aromatic heterocycles. The van der Waals surface area contributed by atoms with Crippen molar-refractivity contribution in [3.8, 4) is 11.3 Å². The Labute approximate surface area is 165 Å². The summed E-state index contributed by atoms with van der Waals surface area (Å²) in [5, 5.41) is 3.39. The van der Waals surface area contributed by atoms with Gasteiger partial charge in [-0.1, -0.05) is 18.2 Å². The fraction of sp³-hybridized carbons (Fsp3) is 0.143. The minimum absolute atomic E-state index is 0.206. The number of nitrogens with zero attached hydrogens (tertiary/aromatic N) is 5. The molecule has 0 amide bonds. The number of rotatable bonds is 4. The van der Waals surface area contributed by atoms with Gasteiger partial charge in [0, 0.05) is 11.8 Å². The third-order valence-corrected chi connectivity index (χ3v) is 4.95. The molecule has 0 radical (unpaired) electrons. The lowest BCUT2D eigenvalue weighted by atomic mass is 10.1. The first-order valence-electron chi connectivity index (χ1n) is 9.26. The van der Waals surface area contributed by atoms with Gasteiger partial charge in [0.15, 0.2) is 11.5 Å². The second kappa shape index (κ2) is 6.66. The first-order valence-corrected chi connectivity index (χ1v) is 9.26. The summed E-state index contributed by atoms with van der Waals surface area (Å²) in [6.07, 6.45) is 5.01. The first kappa shape index (κ1) is 17.3. The van der Waals surface area contributed by atoms with Crippen LogP contribution in [0, 0.1) is 12.7 Å². The molecule has 29 heavy (non-hydrogen) atoms. The molecular weight excluding hydrogens is 369 g/mol. The predicted octanol–water partition coefficient (Wildman–Crippen LogP) is 4.29. The first-order chi connectivity index (χ1) is 14.1. The third kappa shape index (κ3) is 2.89. The average molecular weight is 387 g/mol. The molecule has 1 aromatic carbocycles. The highest BCUT2D eigenvalue weighted by Crippen LogP contribution is 2.32. The summed E-state index contributed by atoms with van der Waals surface area (Å²) in [6.45, 7) is 4.01. The van der Waals surface area contributed by atoms with E-state index in [9.17, 15) is 4.39 Å². The Kier molecular flexibility index (Phi) is 3.97. The molecule has 0 aliphatic heterocycles. The van der Waals surface area contributed by atoms with Gasteiger partial charge in [-0.15, -0.1) is 0 Å². The summed E-state index contributed by atoms with van der Waals surface area (Å²) < 4.78 is 16.0. The van der Waals surface area contributed by atoms with Crippen LogP contribution in [-0.2, 0) is 0 Å². The largest absolute Gasteiger partial charge is 0.360 e. The molecule has 144 valence electrons. The van der Waals surface area contributed by atoms with Gasteiger partial charge in [0.2, 0.25) is 0 Å². The monoisotopic (exact) mass is 387 g/mol. The Morgan fingerprint density at radius 2 is 2.03 bits per heavy atom. The zero-order valence-electron chi connectivity index (χ0n) is 15.9. The van der Waals surface area contributed by atoms with E-state index in [4.69, 9.17) is 4.98 Å². The van der Waals surface area contributed by atoms with E-state index in [0.29, 0.717) is 17.0 Å². The van der Waals surface area contributed by atoms with Gasteiger partial charge in [0.1, 0.15) is 23.3 Å². The average Bonchev–Trinajstić information content (AvgIpc) is 3.34. The van der Waals surface area contributed by atoms with E-state index in [1.54, 1.807) is 12.4 Å². The maximum atomic E-state index is 14.0. The topological polar surface area (TPSA) is 83.8 Å². The van der Waals surface area contributed by atoms with Gasteiger partial charge >= 0.3 is 0 Å². The highest BCUT2D eigenvalue weighted by Gasteiger charge is 2.21. The van der Waals surface area contributed by atoms with Crippen molar-refractivity contribution in [1.29, 1.82) is 0 Å². The molecule has 0 bridgehead atoms. The lowest BCUT2D eigenvalue weighted by Crippen LogP contribution is -2.10. The molecule has 5 aromatic rings. The number of hydrogen-bond donors (Lipinski definition) is 2. The van der Waals surface area contributed by atoms with Crippen molar-refractivity contribution in [2.75, 3.05) is 5.32 Å². The van der Waals surface area contributed by atoms with Gasteiger partial charge < -0.3 is 10.3 Å². The zero-order chi connectivity index (χ0) is 20.0. The summed E-state index contributed by atoms with van der Waals surface area (Å²) in [7, 11) is 0. The van der Waals surface area contributed by atoms with E-state index < -0.39 is 0 Å². The normalized spacial score (nSPS) is 12.5. The second-order valence-corrected chi connectivity index (χ2v) is 6.93. The minimum atomic E-state index is -0.286. The van der Waals surface area contributed by atoms with Gasteiger partial charge in [0.05, 0.1) is 23.8 Å². The Hall–Kier alpha value is -3.81. The predicted molar refractivity (Wildman–Crippen MR) is 109 cm³/mol. The van der Waals surface area contributed by atoms with Crippen LogP contribution in [0.15, 0.2) is 55.2 Å². The highest BCUT2D eigenvalue weighted by atomic mass is 19.1. The van der Waals surface area contributed by atoms with Crippen molar-refractivity contribution in [2.45, 2.75) is 19.9 Å². The van der Waals surface area contributed by atoms with E-state index in [1.165, 1.54) is 18.5 Å². The van der Waals surface area contributed by atoms with Gasteiger partial charge in [-0.05, 0) is 37.6 Å². The van der Waals surface area contributed by atoms with Crippen molar-refractivity contribution in [3.63, 3.8) is 0 Å². The second-order valence-electron chi connectivity index (χ2n) is 6.93. The molecule has 0 fully saturated rings. The smallest absolute Gasteiger partial charge is 0.162 e. The van der Waals surface area contributed by atoms with Crippen molar-refractivity contribution in [3.05, 3.63) is 72.3 Å². The summed E-state index contributed by atoms with van der Waals surface area (Å²) in [5.74, 6) is 0.327. The standard InChI is InChI=1S/C21H18FN7/c1-12-5-4-8-29-18(14-6-3-7-15(22)9-14)16(28-21(12)29)13(2)27-20-17-19(24-10-23-17)25-11-26-20/h3-11,13H,1-2H3,(H2,23,24,25,26,27). The van der Waals surface area contributed by atoms with Gasteiger partial charge in [-0.3, -0.25) is 4.40 Å². The van der Waals surface area contributed by atoms with Crippen LogP contribution in [0.4, 0.5) is 10.2 Å². The lowest BCUT2D eigenvalue weighted by molar-refractivity contribution is 0.628. The molecule has 8 heteroatoms. The maximum absolute atomic E-state index is 14.0. The van der Waals surface area contributed by atoms with Crippen LogP contribution < -0.4 is 5.32 Å². The number of aryl methyl sites for hydroxylation is 1. The number of benzene rings is 1. The molecule has 1 unspecified atom stereocenters. The summed E-state index contributed by atoms with van der Waals surface area (Å²) in [4.78, 5) is 20.7. The van der Waals surface area contributed by atoms with Crippen LogP contribution in [0.25, 0.3) is 28.1 Å². The molecule has 5 rings (SSSR count). The SMILES string of the molecule is Cc1cccn2c(-c3cccc(F)c3)c(C(C)Nc3ncnc4[nH]cnc34)nc12. The van der Waals surface area contributed by atoms with Crippen LogP contribution >= 0.6 is 0 Å². The molecule has 0 spiro atoms. The van der Waals surface area contributed by atoms with E-state index in [-0.39, 0.29) is 11.9 Å². The number of fused-ring (bicyclic) bond motifs is 2. The van der Waals surface area contributed by atoms with Crippen LogP contribution in [0.5, 0.6) is 0 Å². The number of aromatic nitrogens is 6. The number of halogens is 1. The third-order valence-electron chi connectivity index (χ3n) is 4.95. The molecule has 0 saturated heterocycles. The molecule has 0 aliphatic rings. The highest BCUT2D eigenvalue weighted by molar-refractivity contribution is 5.82. The summed E-state index contributed by atoms with van der Waals surface area (Å²) in [6, 6.07) is 10.3. The summed E-state index contributed by atoms with van der Waals surface area (Å²) >= 11 is 0. The quantitative estimate of drug-likeness (QED) is 0.481. The Morgan fingerprint density at radius 3 is 2.90 bits per heavy atom. The van der Waals surface area contributed by atoms with Gasteiger partial charge in [-0.25, -0.2) is 24.3 Å². The molecule has 7 nitrogen and oxygen atoms in total. The fourth-order valence-electron chi connectivity index (χ4n) is 3.59. The molecule has 0 aliphatic carbocycles. The Bertz CT molecular complexity index is 1340. The number of hydrogen-bond acceptors (Lipinski definition) is 5. The number of pyridine rings is 1. The zero-order valence-corrected chi connectivity index (χ0v) is 15.9. The number of imidazole rings is 2. The van der Waals surface area contributed by atoms with E-state index in [1.807, 2.05) is 42.6 Å². The molecule has 1 atom stereocenters. The molecule has 2 N–H and O–H groups in total. The van der Waals surface area contributed by atoms with Crippen LogP contribution in [0.1, 0.15) is 24.2 Å².